The molecule has 0 unspecified atom stereocenters. The highest BCUT2D eigenvalue weighted by atomic mass is 13.7. The SMILES string of the molecule is C=C(C)C=CBC=CC(=C)C. The monoisotopic (exact) mass is 146 g/mol. The Balaban J connectivity index is 3.57. The summed E-state index contributed by atoms with van der Waals surface area (Å²) in [6, 6.07) is 0. The molecule has 0 N–H and O–H groups in total. The molecule has 0 aliphatic heterocycles. The Morgan fingerprint density at radius 3 is 1.64 bits per heavy atom. The molecule has 0 aliphatic carbocycles. The Morgan fingerprint density at radius 2 is 1.36 bits per heavy atom. The molecule has 0 aromatic rings. The maximum absolute atomic E-state index is 3.76. The summed E-state index contributed by atoms with van der Waals surface area (Å²) >= 11 is 0. The molecule has 0 aromatic heterocycles. The highest BCUT2D eigenvalue weighted by Gasteiger charge is 1.76. The van der Waals surface area contributed by atoms with E-state index in [1.165, 1.54) is 0 Å². The minimum atomic E-state index is 0.958. The minimum absolute atomic E-state index is 0.958. The summed E-state index contributed by atoms with van der Waals surface area (Å²) in [6.45, 7) is 11.5. The fourth-order valence-corrected chi connectivity index (χ4v) is 0.617. The Hall–Kier alpha value is -0.975. The van der Waals surface area contributed by atoms with E-state index in [1.54, 1.807) is 0 Å². The molecule has 0 nitrogen and oxygen atoms in total. The molecule has 0 spiro atoms. The van der Waals surface area contributed by atoms with Gasteiger partial charge in [-0.25, -0.2) is 0 Å². The lowest BCUT2D eigenvalue weighted by Gasteiger charge is -1.83. The van der Waals surface area contributed by atoms with Gasteiger partial charge in [0.25, 0.3) is 0 Å². The number of hydrogen-bond acceptors (Lipinski definition) is 0. The summed E-state index contributed by atoms with van der Waals surface area (Å²) in [7, 11) is 0.958. The van der Waals surface area contributed by atoms with Crippen molar-refractivity contribution in [1.82, 2.24) is 0 Å². The van der Waals surface area contributed by atoms with E-state index in [0.717, 1.165) is 18.4 Å². The maximum atomic E-state index is 3.76. The molecular weight excluding hydrogens is 131 g/mol. The molecule has 0 fully saturated rings. The molecule has 0 saturated heterocycles. The molecule has 0 saturated carbocycles. The summed E-state index contributed by atoms with van der Waals surface area (Å²) < 4.78 is 0. The van der Waals surface area contributed by atoms with Gasteiger partial charge in [-0.15, -0.1) is 12.0 Å². The van der Waals surface area contributed by atoms with E-state index in [-0.39, 0.29) is 0 Å². The molecule has 0 aromatic carbocycles. The van der Waals surface area contributed by atoms with Crippen molar-refractivity contribution >= 4 is 7.28 Å². The number of rotatable bonds is 4. The lowest BCUT2D eigenvalue weighted by Crippen LogP contribution is -1.77. The third-order valence-electron chi connectivity index (χ3n) is 1.08. The smallest absolute Gasteiger partial charge is 0.114 e. The van der Waals surface area contributed by atoms with Crippen molar-refractivity contribution in [3.8, 4) is 0 Å². The Labute approximate surface area is 70.3 Å². The highest BCUT2D eigenvalue weighted by Crippen LogP contribution is 1.90. The van der Waals surface area contributed by atoms with Crippen LogP contribution in [0.3, 0.4) is 0 Å². The van der Waals surface area contributed by atoms with Crippen LogP contribution in [0.5, 0.6) is 0 Å². The van der Waals surface area contributed by atoms with E-state index < -0.39 is 0 Å². The standard InChI is InChI=1S/C10H15B/c1-9(2)5-7-11-8-6-10(3)4/h5-8,11H,1,3H2,2,4H3. The molecule has 1 heteroatoms. The summed E-state index contributed by atoms with van der Waals surface area (Å²) in [5.74, 6) is 4.17. The van der Waals surface area contributed by atoms with Gasteiger partial charge in [0, 0.05) is 0 Å². The second-order valence-electron chi connectivity index (χ2n) is 2.73. The molecular formula is C10H15B. The largest absolute Gasteiger partial charge is 0.173 e. The average Bonchev–Trinajstić information content (AvgIpc) is 1.85. The van der Waals surface area contributed by atoms with E-state index in [2.05, 4.69) is 25.1 Å². The van der Waals surface area contributed by atoms with Gasteiger partial charge >= 0.3 is 0 Å². The second-order valence-corrected chi connectivity index (χ2v) is 2.73. The van der Waals surface area contributed by atoms with Crippen molar-refractivity contribution < 1.29 is 0 Å². The van der Waals surface area contributed by atoms with Crippen LogP contribution in [-0.4, -0.2) is 7.28 Å². The van der Waals surface area contributed by atoms with Crippen LogP contribution in [0.25, 0.3) is 0 Å². The topological polar surface area (TPSA) is 0 Å². The molecule has 0 amide bonds. The van der Waals surface area contributed by atoms with Crippen LogP contribution >= 0.6 is 0 Å². The highest BCUT2D eigenvalue weighted by molar-refractivity contribution is 6.48. The van der Waals surface area contributed by atoms with Gasteiger partial charge in [0.2, 0.25) is 0 Å². The van der Waals surface area contributed by atoms with Crippen molar-refractivity contribution in [1.29, 1.82) is 0 Å². The van der Waals surface area contributed by atoms with Gasteiger partial charge in [-0.05, 0) is 13.8 Å². The predicted molar refractivity (Wildman–Crippen MR) is 55.1 cm³/mol. The van der Waals surface area contributed by atoms with Crippen molar-refractivity contribution in [3.05, 3.63) is 48.4 Å². The van der Waals surface area contributed by atoms with Crippen LogP contribution in [0.15, 0.2) is 48.4 Å². The van der Waals surface area contributed by atoms with Gasteiger partial charge in [0.15, 0.2) is 7.28 Å². The Kier molecular flexibility index (Phi) is 5.27. The van der Waals surface area contributed by atoms with E-state index in [9.17, 15) is 0 Å². The zero-order chi connectivity index (χ0) is 8.69. The molecule has 11 heavy (non-hydrogen) atoms. The third-order valence-corrected chi connectivity index (χ3v) is 1.08. The fraction of sp³-hybridized carbons (Fsp3) is 0.200. The van der Waals surface area contributed by atoms with E-state index in [1.807, 2.05) is 26.0 Å². The number of allylic oxidation sites excluding steroid dienone is 4. The predicted octanol–water partition coefficient (Wildman–Crippen LogP) is 2.60. The first-order valence-corrected chi connectivity index (χ1v) is 3.77. The first-order valence-electron chi connectivity index (χ1n) is 3.77. The van der Waals surface area contributed by atoms with Crippen molar-refractivity contribution in [2.45, 2.75) is 13.8 Å². The summed E-state index contributed by atoms with van der Waals surface area (Å²) in [4.78, 5) is 0. The molecule has 0 aliphatic rings. The summed E-state index contributed by atoms with van der Waals surface area (Å²) in [6.07, 6.45) is 4.03. The fourth-order valence-electron chi connectivity index (χ4n) is 0.617. The molecule has 0 bridgehead atoms. The lowest BCUT2D eigenvalue weighted by molar-refractivity contribution is 1.57. The summed E-state index contributed by atoms with van der Waals surface area (Å²) in [5, 5.41) is 0. The van der Waals surface area contributed by atoms with Crippen LogP contribution in [0.4, 0.5) is 0 Å². The van der Waals surface area contributed by atoms with Crippen LogP contribution in [0.2, 0.25) is 0 Å². The van der Waals surface area contributed by atoms with Crippen LogP contribution in [0, 0.1) is 0 Å². The zero-order valence-corrected chi connectivity index (χ0v) is 7.43. The lowest BCUT2D eigenvalue weighted by atomic mass is 9.77. The quantitative estimate of drug-likeness (QED) is 0.422. The Morgan fingerprint density at radius 1 is 1.00 bits per heavy atom. The van der Waals surface area contributed by atoms with Gasteiger partial charge < -0.3 is 0 Å². The van der Waals surface area contributed by atoms with Gasteiger partial charge in [-0.1, -0.05) is 36.5 Å². The van der Waals surface area contributed by atoms with Gasteiger partial charge in [0.05, 0.1) is 0 Å². The first-order chi connectivity index (χ1) is 5.13. The normalized spacial score (nSPS) is 10.7. The minimum Gasteiger partial charge on any atom is -0.114 e. The van der Waals surface area contributed by atoms with Crippen molar-refractivity contribution in [2.75, 3.05) is 0 Å². The van der Waals surface area contributed by atoms with Crippen LogP contribution in [0.1, 0.15) is 13.8 Å². The molecule has 0 atom stereocenters. The van der Waals surface area contributed by atoms with E-state index in [0.29, 0.717) is 0 Å². The number of hydrogen-bond donors (Lipinski definition) is 0. The van der Waals surface area contributed by atoms with E-state index in [4.69, 9.17) is 0 Å². The molecule has 0 radical (unpaired) electrons. The molecule has 0 rings (SSSR count). The second kappa shape index (κ2) is 5.78. The van der Waals surface area contributed by atoms with Gasteiger partial charge in [-0.2, -0.15) is 0 Å². The maximum Gasteiger partial charge on any atom is 0.173 e. The zero-order valence-electron chi connectivity index (χ0n) is 7.43. The van der Waals surface area contributed by atoms with E-state index >= 15 is 0 Å². The molecule has 0 heterocycles. The molecule has 58 valence electrons. The van der Waals surface area contributed by atoms with Gasteiger partial charge in [0.1, 0.15) is 0 Å². The third kappa shape index (κ3) is 9.02. The average molecular weight is 146 g/mol. The van der Waals surface area contributed by atoms with Crippen molar-refractivity contribution in [2.24, 2.45) is 0 Å². The Bertz CT molecular complexity index is 175. The van der Waals surface area contributed by atoms with Crippen molar-refractivity contribution in [3.63, 3.8) is 0 Å². The first kappa shape index (κ1) is 10.0. The van der Waals surface area contributed by atoms with Crippen LogP contribution in [-0.2, 0) is 0 Å². The van der Waals surface area contributed by atoms with Gasteiger partial charge in [-0.3, -0.25) is 0 Å². The van der Waals surface area contributed by atoms with Crippen LogP contribution < -0.4 is 0 Å². The summed E-state index contributed by atoms with van der Waals surface area (Å²) in [5.41, 5.74) is 2.18.